The first-order valence-electron chi connectivity index (χ1n) is 7.43. The molecule has 2 fully saturated rings. The van der Waals surface area contributed by atoms with E-state index in [1.807, 2.05) is 0 Å². The van der Waals surface area contributed by atoms with Crippen molar-refractivity contribution in [3.05, 3.63) is 0 Å². The molecule has 0 aromatic rings. The molecule has 0 radical (unpaired) electrons. The summed E-state index contributed by atoms with van der Waals surface area (Å²) in [6.07, 6.45) is -5.63. The van der Waals surface area contributed by atoms with E-state index in [9.17, 15) is 10.2 Å². The fourth-order valence-electron chi connectivity index (χ4n) is 2.99. The third-order valence-corrected chi connectivity index (χ3v) is 4.20. The van der Waals surface area contributed by atoms with Gasteiger partial charge < -0.3 is 43.4 Å². The van der Waals surface area contributed by atoms with Crippen molar-refractivity contribution in [1.29, 1.82) is 0 Å². The van der Waals surface area contributed by atoms with E-state index >= 15 is 0 Å². The molecule has 2 aliphatic rings. The van der Waals surface area contributed by atoms with Gasteiger partial charge in [0.25, 0.3) is 0 Å². The number of hydrogen-bond donors (Lipinski definition) is 2. The van der Waals surface area contributed by atoms with Gasteiger partial charge in [-0.1, -0.05) is 0 Å². The van der Waals surface area contributed by atoms with Gasteiger partial charge in [0.05, 0.1) is 13.2 Å². The second-order valence-corrected chi connectivity index (χ2v) is 5.47. The molecule has 9 nitrogen and oxygen atoms in total. The van der Waals surface area contributed by atoms with E-state index in [0.29, 0.717) is 0 Å². The highest BCUT2D eigenvalue weighted by atomic mass is 16.7. The van der Waals surface area contributed by atoms with Crippen molar-refractivity contribution in [3.8, 4) is 0 Å². The SMILES string of the molecule is COC1C(O)COC(OC2COC(O)C(OC)C2OC)C1OC. The Bertz CT molecular complexity index is 323. The summed E-state index contributed by atoms with van der Waals surface area (Å²) in [5, 5.41) is 19.7. The van der Waals surface area contributed by atoms with Crippen molar-refractivity contribution >= 4 is 0 Å². The van der Waals surface area contributed by atoms with Gasteiger partial charge in [-0.15, -0.1) is 0 Å². The van der Waals surface area contributed by atoms with Gasteiger partial charge in [-0.25, -0.2) is 0 Å². The van der Waals surface area contributed by atoms with Gasteiger partial charge in [-0.3, -0.25) is 0 Å². The Hall–Kier alpha value is -0.360. The number of ether oxygens (including phenoxy) is 7. The minimum atomic E-state index is -1.09. The molecule has 0 amide bonds. The van der Waals surface area contributed by atoms with Crippen LogP contribution in [0.25, 0.3) is 0 Å². The standard InChI is InChI=1S/C14H26O9/c1-17-9-7(15)5-22-14(12(9)20-4)23-8-6-21-13(16)11(19-3)10(8)18-2/h7-16H,5-6H2,1-4H3. The second kappa shape index (κ2) is 8.65. The highest BCUT2D eigenvalue weighted by Crippen LogP contribution is 2.27. The topological polar surface area (TPSA) is 105 Å². The molecule has 2 N–H and O–H groups in total. The molecular weight excluding hydrogens is 312 g/mol. The van der Waals surface area contributed by atoms with E-state index in [0.717, 1.165) is 0 Å². The Labute approximate surface area is 135 Å². The molecule has 0 aromatic heterocycles. The van der Waals surface area contributed by atoms with Crippen LogP contribution in [-0.2, 0) is 33.2 Å². The van der Waals surface area contributed by atoms with Crippen molar-refractivity contribution in [1.82, 2.24) is 0 Å². The lowest BCUT2D eigenvalue weighted by molar-refractivity contribution is -0.331. The van der Waals surface area contributed by atoms with Crippen LogP contribution in [0.3, 0.4) is 0 Å². The lowest BCUT2D eigenvalue weighted by Crippen LogP contribution is -2.60. The minimum Gasteiger partial charge on any atom is -0.388 e. The third kappa shape index (κ3) is 4.01. The van der Waals surface area contributed by atoms with Crippen LogP contribution in [0.5, 0.6) is 0 Å². The van der Waals surface area contributed by atoms with Crippen LogP contribution in [0.4, 0.5) is 0 Å². The van der Waals surface area contributed by atoms with Gasteiger partial charge in [0.15, 0.2) is 12.6 Å². The van der Waals surface area contributed by atoms with Crippen molar-refractivity contribution in [2.24, 2.45) is 0 Å². The maximum atomic E-state index is 9.92. The van der Waals surface area contributed by atoms with Crippen molar-refractivity contribution < 1.29 is 43.4 Å². The summed E-state index contributed by atoms with van der Waals surface area (Å²) in [5.74, 6) is 0. The summed E-state index contributed by atoms with van der Waals surface area (Å²) in [7, 11) is 5.93. The summed E-state index contributed by atoms with van der Waals surface area (Å²) in [4.78, 5) is 0. The molecule has 0 aromatic carbocycles. The summed E-state index contributed by atoms with van der Waals surface area (Å²) in [5.41, 5.74) is 0. The quantitative estimate of drug-likeness (QED) is 0.598. The highest BCUT2D eigenvalue weighted by molar-refractivity contribution is 4.89. The molecule has 0 saturated carbocycles. The minimum absolute atomic E-state index is 0.0601. The number of hydrogen-bond acceptors (Lipinski definition) is 9. The van der Waals surface area contributed by atoms with Gasteiger partial charge >= 0.3 is 0 Å². The Morgan fingerprint density at radius 1 is 0.739 bits per heavy atom. The Balaban J connectivity index is 2.07. The monoisotopic (exact) mass is 338 g/mol. The molecule has 23 heavy (non-hydrogen) atoms. The largest absolute Gasteiger partial charge is 0.388 e. The summed E-state index contributed by atoms with van der Waals surface area (Å²) in [6, 6.07) is 0. The molecule has 0 spiro atoms. The molecule has 2 heterocycles. The molecule has 2 rings (SSSR count). The highest BCUT2D eigenvalue weighted by Gasteiger charge is 2.46. The average molecular weight is 338 g/mol. The van der Waals surface area contributed by atoms with Crippen molar-refractivity contribution in [2.75, 3.05) is 41.7 Å². The molecule has 0 aliphatic carbocycles. The second-order valence-electron chi connectivity index (χ2n) is 5.47. The van der Waals surface area contributed by atoms with E-state index in [-0.39, 0.29) is 13.2 Å². The predicted molar refractivity (Wildman–Crippen MR) is 75.8 cm³/mol. The van der Waals surface area contributed by atoms with Crippen LogP contribution in [0.2, 0.25) is 0 Å². The zero-order chi connectivity index (χ0) is 17.0. The lowest BCUT2D eigenvalue weighted by Gasteiger charge is -2.43. The van der Waals surface area contributed by atoms with Crippen LogP contribution >= 0.6 is 0 Å². The van der Waals surface area contributed by atoms with E-state index in [1.54, 1.807) is 0 Å². The van der Waals surface area contributed by atoms with Gasteiger partial charge in [0.2, 0.25) is 0 Å². The number of aliphatic hydroxyl groups excluding tert-OH is 2. The fraction of sp³-hybridized carbons (Fsp3) is 1.00. The van der Waals surface area contributed by atoms with E-state index in [2.05, 4.69) is 0 Å². The molecule has 8 unspecified atom stereocenters. The number of rotatable bonds is 6. The molecule has 8 atom stereocenters. The molecule has 2 saturated heterocycles. The van der Waals surface area contributed by atoms with E-state index < -0.39 is 49.2 Å². The van der Waals surface area contributed by atoms with Crippen LogP contribution in [0.15, 0.2) is 0 Å². The van der Waals surface area contributed by atoms with Gasteiger partial charge in [0.1, 0.15) is 36.6 Å². The van der Waals surface area contributed by atoms with E-state index in [4.69, 9.17) is 33.2 Å². The average Bonchev–Trinajstić information content (AvgIpc) is 2.56. The van der Waals surface area contributed by atoms with Crippen LogP contribution in [0, 0.1) is 0 Å². The van der Waals surface area contributed by atoms with Crippen molar-refractivity contribution in [3.63, 3.8) is 0 Å². The maximum Gasteiger partial charge on any atom is 0.187 e. The number of aliphatic hydroxyl groups is 2. The Kier molecular flexibility index (Phi) is 7.14. The normalized spacial score (nSPS) is 45.1. The Morgan fingerprint density at radius 3 is 1.91 bits per heavy atom. The number of methoxy groups -OCH3 is 4. The van der Waals surface area contributed by atoms with Crippen LogP contribution < -0.4 is 0 Å². The van der Waals surface area contributed by atoms with Crippen LogP contribution in [0.1, 0.15) is 0 Å². The van der Waals surface area contributed by atoms with Crippen LogP contribution in [-0.4, -0.2) is 101 Å². The first-order chi connectivity index (χ1) is 11.1. The lowest BCUT2D eigenvalue weighted by atomic mass is 10.0. The smallest absolute Gasteiger partial charge is 0.187 e. The first kappa shape index (κ1) is 19.0. The molecular formula is C14H26O9. The fourth-order valence-corrected chi connectivity index (χ4v) is 2.99. The zero-order valence-corrected chi connectivity index (χ0v) is 13.8. The summed E-state index contributed by atoms with van der Waals surface area (Å²) >= 11 is 0. The first-order valence-corrected chi connectivity index (χ1v) is 7.43. The zero-order valence-electron chi connectivity index (χ0n) is 13.8. The molecule has 9 heteroatoms. The summed E-state index contributed by atoms with van der Waals surface area (Å²) < 4.78 is 38.0. The van der Waals surface area contributed by atoms with Gasteiger partial charge in [-0.05, 0) is 0 Å². The maximum absolute atomic E-state index is 9.92. The molecule has 136 valence electrons. The Morgan fingerprint density at radius 2 is 1.35 bits per heavy atom. The van der Waals surface area contributed by atoms with Crippen molar-refractivity contribution in [2.45, 2.75) is 49.2 Å². The summed E-state index contributed by atoms with van der Waals surface area (Å²) in [6.45, 7) is 0.167. The molecule has 2 aliphatic heterocycles. The predicted octanol–water partition coefficient (Wildman–Crippen LogP) is -1.50. The van der Waals surface area contributed by atoms with E-state index in [1.165, 1.54) is 28.4 Å². The van der Waals surface area contributed by atoms with Gasteiger partial charge in [0, 0.05) is 28.4 Å². The van der Waals surface area contributed by atoms with Gasteiger partial charge in [-0.2, -0.15) is 0 Å². The third-order valence-electron chi connectivity index (χ3n) is 4.20. The molecule has 0 bridgehead atoms.